The number of likely N-dealkylation sites (tertiary alicyclic amines) is 1. The van der Waals surface area contributed by atoms with Gasteiger partial charge in [-0.1, -0.05) is 6.07 Å². The van der Waals surface area contributed by atoms with Crippen LogP contribution in [0.25, 0.3) is 0 Å². The molecule has 7 aliphatic rings. The quantitative estimate of drug-likeness (QED) is 0.366. The van der Waals surface area contributed by atoms with Crippen molar-refractivity contribution in [3.8, 4) is 11.5 Å². The molecule has 3 heterocycles. The molecule has 5 atom stereocenters. The summed E-state index contributed by atoms with van der Waals surface area (Å²) in [5, 5.41) is 23.4. The Labute approximate surface area is 233 Å². The van der Waals surface area contributed by atoms with Crippen LogP contribution < -0.4 is 4.74 Å². The molecule has 3 N–H and O–H groups in total. The molecule has 40 heavy (non-hydrogen) atoms. The van der Waals surface area contributed by atoms with Crippen molar-refractivity contribution in [3.63, 3.8) is 0 Å². The summed E-state index contributed by atoms with van der Waals surface area (Å²) in [5.41, 5.74) is 1.73. The van der Waals surface area contributed by atoms with E-state index in [1.807, 2.05) is 6.07 Å². The van der Waals surface area contributed by atoms with E-state index >= 15 is 0 Å². The molecular formula is C29H36N2O8S. The van der Waals surface area contributed by atoms with Crippen molar-refractivity contribution >= 4 is 21.9 Å². The molecule has 1 unspecified atom stereocenters. The lowest BCUT2D eigenvalue weighted by molar-refractivity contribution is -0.201. The number of carbonyl (C=O) groups is 2. The average molecular weight is 573 g/mol. The summed E-state index contributed by atoms with van der Waals surface area (Å²) < 4.78 is 32.5. The van der Waals surface area contributed by atoms with E-state index in [1.165, 1.54) is 17.7 Å². The van der Waals surface area contributed by atoms with Gasteiger partial charge in [-0.25, -0.2) is 0 Å². The van der Waals surface area contributed by atoms with Crippen LogP contribution in [0.15, 0.2) is 23.3 Å². The van der Waals surface area contributed by atoms with E-state index in [1.54, 1.807) is 6.07 Å². The van der Waals surface area contributed by atoms with Crippen LogP contribution in [0.3, 0.4) is 0 Å². The predicted molar refractivity (Wildman–Crippen MR) is 143 cm³/mol. The first-order chi connectivity index (χ1) is 18.9. The number of ether oxygens (including phenoxy) is 1. The van der Waals surface area contributed by atoms with E-state index in [4.69, 9.17) is 9.29 Å². The Kier molecular flexibility index (Phi) is 5.79. The fourth-order valence-electron chi connectivity index (χ4n) is 8.78. The summed E-state index contributed by atoms with van der Waals surface area (Å²) in [7, 11) is -3.67. The molecule has 1 saturated heterocycles. The Morgan fingerprint density at radius 3 is 2.33 bits per heavy atom. The van der Waals surface area contributed by atoms with Crippen molar-refractivity contribution in [1.29, 1.82) is 0 Å². The van der Waals surface area contributed by atoms with Crippen LogP contribution in [0.5, 0.6) is 11.5 Å². The van der Waals surface area contributed by atoms with Crippen molar-refractivity contribution in [2.45, 2.75) is 93.4 Å². The number of nitrogens with zero attached hydrogens (tertiary/aromatic N) is 2. The molecule has 2 amide bonds. The van der Waals surface area contributed by atoms with Gasteiger partial charge in [-0.05, 0) is 88.3 Å². The minimum atomic E-state index is -3.67. The largest absolute Gasteiger partial charge is 0.504 e. The highest BCUT2D eigenvalue weighted by atomic mass is 32.2. The molecule has 2 saturated carbocycles. The first-order valence-corrected chi connectivity index (χ1v) is 16.3. The number of rotatable bonds is 3. The maximum atomic E-state index is 13.5. The normalized spacial score (nSPS) is 36.1. The summed E-state index contributed by atoms with van der Waals surface area (Å²) >= 11 is 0. The molecule has 0 aromatic heterocycles. The monoisotopic (exact) mass is 572 g/mol. The number of hydrogen-bond donors (Lipinski definition) is 3. The van der Waals surface area contributed by atoms with E-state index in [-0.39, 0.29) is 23.6 Å². The van der Waals surface area contributed by atoms with Gasteiger partial charge in [0.15, 0.2) is 11.5 Å². The number of amides is 2. The van der Waals surface area contributed by atoms with Gasteiger partial charge < -0.3 is 14.9 Å². The lowest BCUT2D eigenvalue weighted by Gasteiger charge is -2.64. The Bertz CT molecular complexity index is 1420. The topological polar surface area (TPSA) is 145 Å². The van der Waals surface area contributed by atoms with Crippen LogP contribution in [0.2, 0.25) is 0 Å². The first-order valence-electron chi connectivity index (χ1n) is 14.4. The predicted octanol–water partition coefficient (Wildman–Crippen LogP) is 2.07. The molecule has 3 fully saturated rings. The molecule has 8 rings (SSSR count). The average Bonchev–Trinajstić information content (AvgIpc) is 3.58. The third-order valence-corrected chi connectivity index (χ3v) is 10.5. The molecule has 4 aliphatic carbocycles. The van der Waals surface area contributed by atoms with Gasteiger partial charge in [-0.3, -0.25) is 23.9 Å². The van der Waals surface area contributed by atoms with E-state index < -0.39 is 33.3 Å². The Morgan fingerprint density at radius 2 is 1.70 bits per heavy atom. The molecule has 3 aliphatic heterocycles. The van der Waals surface area contributed by atoms with Gasteiger partial charge >= 0.3 is 0 Å². The molecule has 1 spiro atoms. The maximum absolute atomic E-state index is 13.5. The van der Waals surface area contributed by atoms with Crippen LogP contribution in [-0.4, -0.2) is 87.9 Å². The number of phenols is 1. The second kappa shape index (κ2) is 8.77. The van der Waals surface area contributed by atoms with Gasteiger partial charge in [0.2, 0.25) is 0 Å². The molecular weight excluding hydrogens is 536 g/mol. The van der Waals surface area contributed by atoms with Crippen molar-refractivity contribution < 1.29 is 37.5 Å². The van der Waals surface area contributed by atoms with Crippen LogP contribution in [-0.2, 0) is 31.5 Å². The number of carbonyl (C=O) groups excluding carboxylic acids is 2. The van der Waals surface area contributed by atoms with Crippen molar-refractivity contribution in [2.75, 3.05) is 19.3 Å². The van der Waals surface area contributed by atoms with Crippen molar-refractivity contribution in [3.05, 3.63) is 34.4 Å². The first kappa shape index (κ1) is 26.4. The zero-order chi connectivity index (χ0) is 28.2. The highest BCUT2D eigenvalue weighted by Gasteiger charge is 2.74. The fourth-order valence-corrected chi connectivity index (χ4v) is 8.78. The number of piperidine rings is 1. The van der Waals surface area contributed by atoms with Gasteiger partial charge in [0.05, 0.1) is 23.3 Å². The summed E-state index contributed by atoms with van der Waals surface area (Å²) in [6, 6.07) is 3.25. The Hall–Kier alpha value is -2.47. The third-order valence-electron chi connectivity index (χ3n) is 10.5. The number of phenolic OH excluding ortho intramolecular Hbond substituents is 1. The number of hydrogen-bond acceptors (Lipinski definition) is 8. The number of benzene rings is 1. The lowest BCUT2D eigenvalue weighted by Crippen LogP contribution is -2.78. The molecule has 1 aromatic rings. The summed E-state index contributed by atoms with van der Waals surface area (Å²) in [6.07, 6.45) is 8.46. The van der Waals surface area contributed by atoms with E-state index in [0.717, 1.165) is 49.4 Å². The van der Waals surface area contributed by atoms with Crippen LogP contribution in [0.4, 0.5) is 0 Å². The van der Waals surface area contributed by atoms with Gasteiger partial charge in [-0.2, -0.15) is 8.42 Å². The number of aliphatic hydroxyl groups is 1. The van der Waals surface area contributed by atoms with Crippen molar-refractivity contribution in [2.24, 2.45) is 5.92 Å². The zero-order valence-corrected chi connectivity index (χ0v) is 23.5. The lowest BCUT2D eigenvalue weighted by atomic mass is 9.48. The maximum Gasteiger partial charge on any atom is 0.261 e. The van der Waals surface area contributed by atoms with Gasteiger partial charge in [-0.15, -0.1) is 0 Å². The second-order valence-electron chi connectivity index (χ2n) is 12.8. The van der Waals surface area contributed by atoms with Crippen LogP contribution in [0.1, 0.15) is 68.9 Å². The van der Waals surface area contributed by atoms with E-state index in [9.17, 15) is 28.2 Å². The summed E-state index contributed by atoms with van der Waals surface area (Å²) in [6.45, 7) is 1.89. The van der Waals surface area contributed by atoms with E-state index in [0.29, 0.717) is 55.3 Å². The zero-order valence-electron chi connectivity index (χ0n) is 22.6. The molecule has 216 valence electrons. The fraction of sp³-hybridized carbons (Fsp3) is 0.655. The van der Waals surface area contributed by atoms with Crippen molar-refractivity contribution in [1.82, 2.24) is 9.80 Å². The Morgan fingerprint density at radius 1 is 1.05 bits per heavy atom. The summed E-state index contributed by atoms with van der Waals surface area (Å²) in [4.78, 5) is 31.1. The SMILES string of the molecule is CS(=O)(=O)O.O=C1C2=C(CCCC2)C(=O)N1[C@H]1CCC2(O)[C@H]3Cc4ccc(O)c5c4[C@@]2(CCN3CC2CC2)[C@H]1O5. The molecule has 0 radical (unpaired) electrons. The summed E-state index contributed by atoms with van der Waals surface area (Å²) in [5.74, 6) is 0.972. The minimum absolute atomic E-state index is 0.0109. The minimum Gasteiger partial charge on any atom is -0.504 e. The van der Waals surface area contributed by atoms with Gasteiger partial charge in [0.1, 0.15) is 6.10 Å². The van der Waals surface area contributed by atoms with E-state index in [2.05, 4.69) is 4.90 Å². The molecule has 1 aromatic carbocycles. The molecule has 10 nitrogen and oxygen atoms in total. The van der Waals surface area contributed by atoms with Gasteiger partial charge in [0, 0.05) is 29.3 Å². The third kappa shape index (κ3) is 3.66. The second-order valence-corrected chi connectivity index (χ2v) is 14.2. The number of imide groups is 1. The smallest absolute Gasteiger partial charge is 0.261 e. The number of aromatic hydroxyl groups is 1. The standard InChI is InChI=1S/C28H32N2O5.CH4O3S/c31-20-8-7-16-13-21-28(34)10-9-19(30-25(32)17-3-1-2-4-18(17)26(30)33)24-27(28,22(16)23(20)35-24)11-12-29(21)14-15-5-6-15;1-5(2,3)4/h7-8,15,19,21,24,31,34H,1-6,9-14H2;1H3,(H,2,3,4)/t19-,21+,24-,27-,28?;/m0./s1. The highest BCUT2D eigenvalue weighted by Crippen LogP contribution is 2.66. The molecule has 11 heteroatoms. The Balaban J connectivity index is 0.000000490. The highest BCUT2D eigenvalue weighted by molar-refractivity contribution is 7.85. The molecule has 2 bridgehead atoms. The van der Waals surface area contributed by atoms with Crippen LogP contribution in [0, 0.1) is 5.92 Å². The van der Waals surface area contributed by atoms with Crippen LogP contribution >= 0.6 is 0 Å². The van der Waals surface area contributed by atoms with Gasteiger partial charge in [0.25, 0.3) is 21.9 Å².